The van der Waals surface area contributed by atoms with Crippen molar-refractivity contribution in [3.63, 3.8) is 0 Å². The molecule has 2 aromatic carbocycles. The van der Waals surface area contributed by atoms with Crippen molar-refractivity contribution in [1.29, 1.82) is 0 Å². The molecule has 0 amide bonds. The van der Waals surface area contributed by atoms with Crippen molar-refractivity contribution >= 4 is 5.69 Å². The summed E-state index contributed by atoms with van der Waals surface area (Å²) in [6.45, 7) is 6.35. The van der Waals surface area contributed by atoms with Crippen LogP contribution in [0.5, 0.6) is 0 Å². The van der Waals surface area contributed by atoms with Gasteiger partial charge in [-0.25, -0.2) is 0 Å². The van der Waals surface area contributed by atoms with Gasteiger partial charge in [-0.1, -0.05) is 30.3 Å². The largest absolute Gasteiger partial charge is 0.378 e. The lowest BCUT2D eigenvalue weighted by Crippen LogP contribution is -2.15. The molecule has 2 nitrogen and oxygen atoms in total. The van der Waals surface area contributed by atoms with E-state index in [0.29, 0.717) is 6.04 Å². The van der Waals surface area contributed by atoms with Gasteiger partial charge in [0, 0.05) is 12.2 Å². The van der Waals surface area contributed by atoms with Crippen molar-refractivity contribution in [3.05, 3.63) is 64.7 Å². The van der Waals surface area contributed by atoms with Gasteiger partial charge in [0.2, 0.25) is 0 Å². The Morgan fingerprint density at radius 1 is 1.05 bits per heavy atom. The molecule has 1 heterocycles. The highest BCUT2D eigenvalue weighted by Gasteiger charge is 2.17. The molecular weight excluding hydrogens is 244 g/mol. The number of nitrogens with one attached hydrogen (secondary N) is 2. The first-order chi connectivity index (χ1) is 9.74. The standard InChI is InChI=1S/C18H22N2/c1-13-7-8-16(11-14(13)2)20-18-9-10-19-12-15-5-3-4-6-17(15)18/h3-8,11,18-20H,9-10,12H2,1-2H3. The number of benzene rings is 2. The lowest BCUT2D eigenvalue weighted by molar-refractivity contribution is 0.637. The van der Waals surface area contributed by atoms with E-state index in [-0.39, 0.29) is 0 Å². The molecular formula is C18H22N2. The van der Waals surface area contributed by atoms with E-state index < -0.39 is 0 Å². The quantitative estimate of drug-likeness (QED) is 0.860. The first kappa shape index (κ1) is 13.2. The Bertz CT molecular complexity index is 604. The first-order valence-corrected chi connectivity index (χ1v) is 7.36. The van der Waals surface area contributed by atoms with E-state index in [2.05, 4.69) is 66.9 Å². The topological polar surface area (TPSA) is 24.1 Å². The average Bonchev–Trinajstić information content (AvgIpc) is 2.66. The fourth-order valence-electron chi connectivity index (χ4n) is 2.84. The van der Waals surface area contributed by atoms with E-state index in [1.54, 1.807) is 0 Å². The summed E-state index contributed by atoms with van der Waals surface area (Å²) in [6, 6.07) is 15.8. The second-order valence-corrected chi connectivity index (χ2v) is 5.66. The van der Waals surface area contributed by atoms with Crippen molar-refractivity contribution in [3.8, 4) is 0 Å². The molecule has 0 aliphatic carbocycles. The Kier molecular flexibility index (Phi) is 3.75. The second kappa shape index (κ2) is 5.68. The molecule has 0 saturated carbocycles. The minimum absolute atomic E-state index is 0.392. The molecule has 0 bridgehead atoms. The number of anilines is 1. The van der Waals surface area contributed by atoms with Gasteiger partial charge in [0.15, 0.2) is 0 Å². The van der Waals surface area contributed by atoms with Gasteiger partial charge >= 0.3 is 0 Å². The van der Waals surface area contributed by atoms with Gasteiger partial charge in [-0.15, -0.1) is 0 Å². The molecule has 2 heteroatoms. The number of fused-ring (bicyclic) bond motifs is 1. The smallest absolute Gasteiger partial charge is 0.0529 e. The normalized spacial score (nSPS) is 18.2. The van der Waals surface area contributed by atoms with Crippen molar-refractivity contribution < 1.29 is 0 Å². The summed E-state index contributed by atoms with van der Waals surface area (Å²) in [4.78, 5) is 0. The molecule has 0 aromatic heterocycles. The predicted molar refractivity (Wildman–Crippen MR) is 85.0 cm³/mol. The lowest BCUT2D eigenvalue weighted by Gasteiger charge is -2.21. The van der Waals surface area contributed by atoms with Crippen molar-refractivity contribution in [2.45, 2.75) is 32.9 Å². The highest BCUT2D eigenvalue weighted by atomic mass is 14.9. The zero-order valence-corrected chi connectivity index (χ0v) is 12.2. The Morgan fingerprint density at radius 2 is 1.90 bits per heavy atom. The molecule has 1 atom stereocenters. The number of hydrogen-bond acceptors (Lipinski definition) is 2. The molecule has 104 valence electrons. The SMILES string of the molecule is Cc1ccc(NC2CCNCc3ccccc32)cc1C. The predicted octanol–water partition coefficient (Wildman–Crippen LogP) is 3.95. The summed E-state index contributed by atoms with van der Waals surface area (Å²) in [5.41, 5.74) is 6.74. The maximum Gasteiger partial charge on any atom is 0.0529 e. The van der Waals surface area contributed by atoms with Gasteiger partial charge in [0.25, 0.3) is 0 Å². The van der Waals surface area contributed by atoms with Crippen LogP contribution in [-0.2, 0) is 6.54 Å². The molecule has 0 radical (unpaired) electrons. The highest BCUT2D eigenvalue weighted by molar-refractivity contribution is 5.50. The van der Waals surface area contributed by atoms with Crippen LogP contribution in [0, 0.1) is 13.8 Å². The average molecular weight is 266 g/mol. The zero-order valence-electron chi connectivity index (χ0n) is 12.2. The summed E-state index contributed by atoms with van der Waals surface area (Å²) in [7, 11) is 0. The summed E-state index contributed by atoms with van der Waals surface area (Å²) in [5.74, 6) is 0. The van der Waals surface area contributed by atoms with Gasteiger partial charge in [-0.3, -0.25) is 0 Å². The maximum atomic E-state index is 3.71. The molecule has 1 unspecified atom stereocenters. The van der Waals surface area contributed by atoms with Gasteiger partial charge < -0.3 is 10.6 Å². The van der Waals surface area contributed by atoms with Gasteiger partial charge in [-0.2, -0.15) is 0 Å². The van der Waals surface area contributed by atoms with Gasteiger partial charge in [0.1, 0.15) is 0 Å². The molecule has 3 rings (SSSR count). The van der Waals surface area contributed by atoms with Crippen LogP contribution >= 0.6 is 0 Å². The van der Waals surface area contributed by atoms with E-state index >= 15 is 0 Å². The highest BCUT2D eigenvalue weighted by Crippen LogP contribution is 2.28. The van der Waals surface area contributed by atoms with Crippen LogP contribution in [0.3, 0.4) is 0 Å². The molecule has 20 heavy (non-hydrogen) atoms. The van der Waals surface area contributed by atoms with Crippen LogP contribution in [0.15, 0.2) is 42.5 Å². The molecule has 1 aliphatic rings. The Labute approximate surface area is 121 Å². The van der Waals surface area contributed by atoms with Crippen LogP contribution in [0.4, 0.5) is 5.69 Å². The number of hydrogen-bond donors (Lipinski definition) is 2. The molecule has 0 fully saturated rings. The Hall–Kier alpha value is -1.80. The molecule has 2 aromatic rings. The van der Waals surface area contributed by atoms with Gasteiger partial charge in [-0.05, 0) is 61.2 Å². The van der Waals surface area contributed by atoms with E-state index in [4.69, 9.17) is 0 Å². The van der Waals surface area contributed by atoms with E-state index in [1.807, 2.05) is 0 Å². The van der Waals surface area contributed by atoms with Crippen LogP contribution in [0.1, 0.15) is 34.7 Å². The van der Waals surface area contributed by atoms with Crippen LogP contribution in [-0.4, -0.2) is 6.54 Å². The van der Waals surface area contributed by atoms with Crippen LogP contribution < -0.4 is 10.6 Å². The van der Waals surface area contributed by atoms with Gasteiger partial charge in [0.05, 0.1) is 6.04 Å². The van der Waals surface area contributed by atoms with Crippen molar-refractivity contribution in [1.82, 2.24) is 5.32 Å². The third-order valence-electron chi connectivity index (χ3n) is 4.20. The Morgan fingerprint density at radius 3 is 2.75 bits per heavy atom. The Balaban J connectivity index is 1.88. The third-order valence-corrected chi connectivity index (χ3v) is 4.20. The van der Waals surface area contributed by atoms with Crippen molar-refractivity contribution in [2.24, 2.45) is 0 Å². The molecule has 0 saturated heterocycles. The fraction of sp³-hybridized carbons (Fsp3) is 0.333. The van der Waals surface area contributed by atoms with Crippen molar-refractivity contribution in [2.75, 3.05) is 11.9 Å². The number of rotatable bonds is 2. The van der Waals surface area contributed by atoms with E-state index in [9.17, 15) is 0 Å². The first-order valence-electron chi connectivity index (χ1n) is 7.36. The lowest BCUT2D eigenvalue weighted by atomic mass is 9.99. The molecule has 1 aliphatic heterocycles. The minimum atomic E-state index is 0.392. The van der Waals surface area contributed by atoms with E-state index in [1.165, 1.54) is 27.9 Å². The molecule has 0 spiro atoms. The molecule has 2 N–H and O–H groups in total. The second-order valence-electron chi connectivity index (χ2n) is 5.66. The summed E-state index contributed by atoms with van der Waals surface area (Å²) in [6.07, 6.45) is 1.12. The summed E-state index contributed by atoms with van der Waals surface area (Å²) >= 11 is 0. The summed E-state index contributed by atoms with van der Waals surface area (Å²) in [5, 5.41) is 7.20. The zero-order chi connectivity index (χ0) is 13.9. The maximum absolute atomic E-state index is 3.71. The van der Waals surface area contributed by atoms with Crippen LogP contribution in [0.2, 0.25) is 0 Å². The van der Waals surface area contributed by atoms with Crippen LogP contribution in [0.25, 0.3) is 0 Å². The third kappa shape index (κ3) is 2.70. The monoisotopic (exact) mass is 266 g/mol. The number of aryl methyl sites for hydroxylation is 2. The fourth-order valence-corrected chi connectivity index (χ4v) is 2.84. The summed E-state index contributed by atoms with van der Waals surface area (Å²) < 4.78 is 0. The van der Waals surface area contributed by atoms with E-state index in [0.717, 1.165) is 19.5 Å². The minimum Gasteiger partial charge on any atom is -0.378 e.